The monoisotopic (exact) mass is 274 g/mol. The molecule has 0 spiro atoms. The first-order valence-corrected chi connectivity index (χ1v) is 6.80. The number of nitrogens with one attached hydrogen (secondary N) is 2. The van der Waals surface area contributed by atoms with E-state index in [0.717, 1.165) is 30.3 Å². The van der Waals surface area contributed by atoms with E-state index in [4.69, 9.17) is 9.47 Å². The van der Waals surface area contributed by atoms with Gasteiger partial charge in [0.05, 0.1) is 0 Å². The molecule has 3 rings (SSSR count). The number of nitrogens with zero attached hydrogens (tertiary/aromatic N) is 2. The third kappa shape index (κ3) is 2.91. The molecule has 1 aliphatic heterocycles. The summed E-state index contributed by atoms with van der Waals surface area (Å²) in [6.45, 7) is 4.21. The highest BCUT2D eigenvalue weighted by molar-refractivity contribution is 5.44. The van der Waals surface area contributed by atoms with Gasteiger partial charge in [-0.2, -0.15) is 5.10 Å². The van der Waals surface area contributed by atoms with Gasteiger partial charge >= 0.3 is 0 Å². The minimum absolute atomic E-state index is 0.244. The second kappa shape index (κ2) is 5.92. The van der Waals surface area contributed by atoms with E-state index in [-0.39, 0.29) is 6.04 Å². The minimum Gasteiger partial charge on any atom is -0.486 e. The van der Waals surface area contributed by atoms with E-state index < -0.39 is 0 Å². The van der Waals surface area contributed by atoms with E-state index in [9.17, 15) is 0 Å². The molecule has 0 radical (unpaired) electrons. The van der Waals surface area contributed by atoms with Gasteiger partial charge in [-0.1, -0.05) is 6.07 Å². The van der Waals surface area contributed by atoms with E-state index in [1.807, 2.05) is 12.1 Å². The Bertz CT molecular complexity index is 556. The van der Waals surface area contributed by atoms with Crippen LogP contribution in [0.25, 0.3) is 0 Å². The second-order valence-corrected chi connectivity index (χ2v) is 4.76. The van der Waals surface area contributed by atoms with Crippen molar-refractivity contribution in [1.82, 2.24) is 20.5 Å². The summed E-state index contributed by atoms with van der Waals surface area (Å²) in [5.74, 6) is 2.55. The maximum absolute atomic E-state index is 5.60. The van der Waals surface area contributed by atoms with Crippen molar-refractivity contribution in [2.45, 2.75) is 19.4 Å². The molecule has 0 bridgehead atoms. The lowest BCUT2D eigenvalue weighted by Crippen LogP contribution is -2.22. The van der Waals surface area contributed by atoms with Gasteiger partial charge in [0.2, 0.25) is 0 Å². The van der Waals surface area contributed by atoms with Gasteiger partial charge < -0.3 is 14.8 Å². The number of rotatable bonds is 5. The number of benzene rings is 1. The molecule has 1 aromatic carbocycles. The predicted octanol–water partition coefficient (Wildman–Crippen LogP) is 1.47. The van der Waals surface area contributed by atoms with Crippen LogP contribution in [0.15, 0.2) is 24.5 Å². The third-order valence-corrected chi connectivity index (χ3v) is 3.34. The zero-order valence-corrected chi connectivity index (χ0v) is 11.4. The summed E-state index contributed by atoms with van der Waals surface area (Å²) in [5, 5.41) is 10.1. The Balaban J connectivity index is 1.57. The Morgan fingerprint density at radius 2 is 2.15 bits per heavy atom. The van der Waals surface area contributed by atoms with Crippen molar-refractivity contribution >= 4 is 0 Å². The molecular formula is C14H18N4O2. The lowest BCUT2D eigenvalue weighted by atomic mass is 10.1. The van der Waals surface area contributed by atoms with Gasteiger partial charge in [-0.15, -0.1) is 0 Å². The SMILES string of the molecule is CC(NCCc1ncn[nH]1)c1ccc2c(c1)OCCO2. The largest absolute Gasteiger partial charge is 0.486 e. The molecule has 0 aliphatic carbocycles. The van der Waals surface area contributed by atoms with Crippen molar-refractivity contribution in [2.24, 2.45) is 0 Å². The van der Waals surface area contributed by atoms with Crippen LogP contribution in [0.1, 0.15) is 24.4 Å². The van der Waals surface area contributed by atoms with E-state index in [1.165, 1.54) is 11.9 Å². The molecule has 1 aromatic heterocycles. The van der Waals surface area contributed by atoms with Crippen molar-refractivity contribution in [3.05, 3.63) is 35.9 Å². The molecule has 2 N–H and O–H groups in total. The highest BCUT2D eigenvalue weighted by Crippen LogP contribution is 2.32. The first kappa shape index (κ1) is 12.9. The fourth-order valence-corrected chi connectivity index (χ4v) is 2.21. The number of hydrogen-bond acceptors (Lipinski definition) is 5. The normalized spacial score (nSPS) is 15.1. The van der Waals surface area contributed by atoms with Gasteiger partial charge in [0.25, 0.3) is 0 Å². The molecule has 1 unspecified atom stereocenters. The average molecular weight is 274 g/mol. The van der Waals surface area contributed by atoms with Crippen LogP contribution in [0.4, 0.5) is 0 Å². The molecule has 20 heavy (non-hydrogen) atoms. The summed E-state index contributed by atoms with van der Waals surface area (Å²) in [6, 6.07) is 6.33. The van der Waals surface area contributed by atoms with Crippen LogP contribution < -0.4 is 14.8 Å². The fourth-order valence-electron chi connectivity index (χ4n) is 2.21. The van der Waals surface area contributed by atoms with Crippen LogP contribution in [0.5, 0.6) is 11.5 Å². The molecule has 0 saturated carbocycles. The van der Waals surface area contributed by atoms with Crippen molar-refractivity contribution in [1.29, 1.82) is 0 Å². The molecule has 2 aromatic rings. The van der Waals surface area contributed by atoms with Crippen LogP contribution in [0.2, 0.25) is 0 Å². The highest BCUT2D eigenvalue weighted by Gasteiger charge is 2.14. The standard InChI is InChI=1S/C14H18N4O2/c1-10(15-5-4-14-16-9-17-18-14)11-2-3-12-13(8-11)20-7-6-19-12/h2-3,8-10,15H,4-7H2,1H3,(H,16,17,18). The lowest BCUT2D eigenvalue weighted by molar-refractivity contribution is 0.171. The summed E-state index contributed by atoms with van der Waals surface area (Å²) < 4.78 is 11.1. The lowest BCUT2D eigenvalue weighted by Gasteiger charge is -2.21. The van der Waals surface area contributed by atoms with Gasteiger partial charge in [-0.25, -0.2) is 4.98 Å². The maximum Gasteiger partial charge on any atom is 0.161 e. The first-order chi connectivity index (χ1) is 9.83. The zero-order chi connectivity index (χ0) is 13.8. The van der Waals surface area contributed by atoms with Crippen molar-refractivity contribution in [3.8, 4) is 11.5 Å². The Morgan fingerprint density at radius 1 is 1.30 bits per heavy atom. The number of hydrogen-bond donors (Lipinski definition) is 2. The first-order valence-electron chi connectivity index (χ1n) is 6.80. The predicted molar refractivity (Wildman–Crippen MR) is 73.9 cm³/mol. The van der Waals surface area contributed by atoms with E-state index in [1.54, 1.807) is 0 Å². The molecule has 1 atom stereocenters. The summed E-state index contributed by atoms with van der Waals surface area (Å²) >= 11 is 0. The van der Waals surface area contributed by atoms with E-state index >= 15 is 0 Å². The van der Waals surface area contributed by atoms with Crippen LogP contribution in [-0.4, -0.2) is 34.9 Å². The number of H-pyrrole nitrogens is 1. The smallest absolute Gasteiger partial charge is 0.161 e. The van der Waals surface area contributed by atoms with Gasteiger partial charge in [-0.3, -0.25) is 5.10 Å². The Morgan fingerprint density at radius 3 is 2.95 bits per heavy atom. The average Bonchev–Trinajstić information content (AvgIpc) is 3.00. The van der Waals surface area contributed by atoms with Crippen molar-refractivity contribution in [2.75, 3.05) is 19.8 Å². The second-order valence-electron chi connectivity index (χ2n) is 4.76. The summed E-state index contributed by atoms with van der Waals surface area (Å²) in [5.41, 5.74) is 1.19. The maximum atomic E-state index is 5.60. The van der Waals surface area contributed by atoms with E-state index in [0.29, 0.717) is 13.2 Å². The molecule has 0 amide bonds. The van der Waals surface area contributed by atoms with Crippen LogP contribution in [-0.2, 0) is 6.42 Å². The van der Waals surface area contributed by atoms with Crippen molar-refractivity contribution < 1.29 is 9.47 Å². The topological polar surface area (TPSA) is 72.1 Å². The molecule has 0 fully saturated rings. The Hall–Kier alpha value is -2.08. The Kier molecular flexibility index (Phi) is 3.83. The van der Waals surface area contributed by atoms with Gasteiger partial charge in [0, 0.05) is 19.0 Å². The molecule has 2 heterocycles. The number of aromatic amines is 1. The highest BCUT2D eigenvalue weighted by atomic mass is 16.6. The van der Waals surface area contributed by atoms with Crippen LogP contribution in [0.3, 0.4) is 0 Å². The molecule has 0 saturated heterocycles. The summed E-state index contributed by atoms with van der Waals surface area (Å²) in [6.07, 6.45) is 2.36. The fraction of sp³-hybridized carbons (Fsp3) is 0.429. The molecule has 106 valence electrons. The number of fused-ring (bicyclic) bond motifs is 1. The van der Waals surface area contributed by atoms with Gasteiger partial charge in [0.1, 0.15) is 25.4 Å². The van der Waals surface area contributed by atoms with Gasteiger partial charge in [0.15, 0.2) is 11.5 Å². The van der Waals surface area contributed by atoms with Crippen LogP contribution >= 0.6 is 0 Å². The number of ether oxygens (including phenoxy) is 2. The summed E-state index contributed by atoms with van der Waals surface area (Å²) in [4.78, 5) is 4.10. The van der Waals surface area contributed by atoms with Gasteiger partial charge in [-0.05, 0) is 24.6 Å². The molecular weight excluding hydrogens is 256 g/mol. The molecule has 1 aliphatic rings. The number of aromatic nitrogens is 3. The molecule has 6 heteroatoms. The zero-order valence-electron chi connectivity index (χ0n) is 11.4. The third-order valence-electron chi connectivity index (χ3n) is 3.34. The quantitative estimate of drug-likeness (QED) is 0.864. The van der Waals surface area contributed by atoms with Crippen molar-refractivity contribution in [3.63, 3.8) is 0 Å². The summed E-state index contributed by atoms with van der Waals surface area (Å²) in [7, 11) is 0. The Labute approximate surface area is 117 Å². The van der Waals surface area contributed by atoms with E-state index in [2.05, 4.69) is 33.5 Å². The molecule has 6 nitrogen and oxygen atoms in total. The minimum atomic E-state index is 0.244. The van der Waals surface area contributed by atoms with Crippen LogP contribution in [0, 0.1) is 0 Å².